The second-order valence-electron chi connectivity index (χ2n) is 6.95. The molecule has 0 saturated heterocycles. The fourth-order valence-electron chi connectivity index (χ4n) is 2.98. The Hall–Kier alpha value is -2.95. The molecule has 5 nitrogen and oxygen atoms in total. The Morgan fingerprint density at radius 1 is 0.970 bits per heavy atom. The number of halogens is 5. The van der Waals surface area contributed by atoms with Gasteiger partial charge in [-0.15, -0.1) is 0 Å². The van der Waals surface area contributed by atoms with Crippen molar-refractivity contribution in [2.75, 3.05) is 11.9 Å². The van der Waals surface area contributed by atoms with E-state index in [0.717, 1.165) is 34.6 Å². The van der Waals surface area contributed by atoms with Crippen LogP contribution in [-0.4, -0.2) is 25.2 Å². The fraction of sp³-hybridized carbons (Fsp3) is 0.136. The van der Waals surface area contributed by atoms with Gasteiger partial charge in [-0.25, -0.2) is 12.8 Å². The van der Waals surface area contributed by atoms with Crippen LogP contribution in [0.4, 0.5) is 23.2 Å². The first-order valence-corrected chi connectivity index (χ1v) is 11.2. The first-order chi connectivity index (χ1) is 15.5. The second kappa shape index (κ2) is 9.90. The van der Waals surface area contributed by atoms with Crippen molar-refractivity contribution in [3.8, 4) is 0 Å². The fourth-order valence-corrected chi connectivity index (χ4v) is 4.53. The largest absolute Gasteiger partial charge is 0.418 e. The predicted molar refractivity (Wildman–Crippen MR) is 116 cm³/mol. The molecule has 0 saturated carbocycles. The molecule has 0 heterocycles. The summed E-state index contributed by atoms with van der Waals surface area (Å²) in [4.78, 5) is 12.4. The van der Waals surface area contributed by atoms with Gasteiger partial charge in [0.25, 0.3) is 0 Å². The van der Waals surface area contributed by atoms with Gasteiger partial charge in [0, 0.05) is 11.6 Å². The van der Waals surface area contributed by atoms with Crippen LogP contribution in [0.2, 0.25) is 5.02 Å². The molecule has 33 heavy (non-hydrogen) atoms. The summed E-state index contributed by atoms with van der Waals surface area (Å²) in [5.41, 5.74) is -1.19. The first kappa shape index (κ1) is 24.7. The van der Waals surface area contributed by atoms with E-state index < -0.39 is 45.7 Å². The van der Waals surface area contributed by atoms with E-state index in [1.165, 1.54) is 6.07 Å². The number of nitrogens with one attached hydrogen (secondary N) is 1. The van der Waals surface area contributed by atoms with Crippen LogP contribution in [0.5, 0.6) is 0 Å². The number of nitrogens with zero attached hydrogens (tertiary/aromatic N) is 1. The van der Waals surface area contributed by atoms with E-state index in [1.54, 1.807) is 30.3 Å². The van der Waals surface area contributed by atoms with Gasteiger partial charge in [0.1, 0.15) is 5.82 Å². The number of rotatable bonds is 7. The molecule has 174 valence electrons. The Morgan fingerprint density at radius 2 is 1.61 bits per heavy atom. The summed E-state index contributed by atoms with van der Waals surface area (Å²) in [7, 11) is -4.29. The smallest absolute Gasteiger partial charge is 0.324 e. The monoisotopic (exact) mass is 500 g/mol. The van der Waals surface area contributed by atoms with Gasteiger partial charge in [0.15, 0.2) is 0 Å². The minimum Gasteiger partial charge on any atom is -0.324 e. The zero-order valence-electron chi connectivity index (χ0n) is 16.8. The van der Waals surface area contributed by atoms with Crippen LogP contribution in [-0.2, 0) is 27.5 Å². The van der Waals surface area contributed by atoms with Gasteiger partial charge >= 0.3 is 6.18 Å². The number of amides is 1. The lowest BCUT2D eigenvalue weighted by atomic mass is 10.1. The maximum atomic E-state index is 13.3. The highest BCUT2D eigenvalue weighted by atomic mass is 35.5. The Bertz CT molecular complexity index is 1230. The highest BCUT2D eigenvalue weighted by molar-refractivity contribution is 7.89. The quantitative estimate of drug-likeness (QED) is 0.446. The van der Waals surface area contributed by atoms with Crippen molar-refractivity contribution in [3.63, 3.8) is 0 Å². The summed E-state index contributed by atoms with van der Waals surface area (Å²) < 4.78 is 80.3. The van der Waals surface area contributed by atoms with Crippen molar-refractivity contribution in [1.82, 2.24) is 4.31 Å². The molecular weight excluding hydrogens is 484 g/mol. The average Bonchev–Trinajstić information content (AvgIpc) is 2.75. The van der Waals surface area contributed by atoms with Crippen molar-refractivity contribution in [2.45, 2.75) is 17.6 Å². The maximum absolute atomic E-state index is 13.3. The van der Waals surface area contributed by atoms with Crippen LogP contribution in [0.25, 0.3) is 0 Å². The molecule has 11 heteroatoms. The van der Waals surface area contributed by atoms with Crippen LogP contribution in [0.1, 0.15) is 11.1 Å². The van der Waals surface area contributed by atoms with Gasteiger partial charge in [-0.3, -0.25) is 4.79 Å². The summed E-state index contributed by atoms with van der Waals surface area (Å²) in [6.45, 7) is -1.02. The van der Waals surface area contributed by atoms with E-state index in [9.17, 15) is 30.8 Å². The Morgan fingerprint density at radius 3 is 2.21 bits per heavy atom. The van der Waals surface area contributed by atoms with Crippen LogP contribution in [0, 0.1) is 5.82 Å². The summed E-state index contributed by atoms with van der Waals surface area (Å²) in [5, 5.41) is 1.93. The molecule has 1 N–H and O–H groups in total. The molecule has 0 radical (unpaired) electrons. The molecule has 0 unspecified atom stereocenters. The van der Waals surface area contributed by atoms with E-state index in [2.05, 4.69) is 5.32 Å². The van der Waals surface area contributed by atoms with Crippen LogP contribution < -0.4 is 5.32 Å². The molecule has 0 spiro atoms. The minimum absolute atomic E-state index is 0.176. The number of carbonyl (C=O) groups excluding carboxylic acids is 1. The van der Waals surface area contributed by atoms with Crippen molar-refractivity contribution in [3.05, 3.63) is 94.8 Å². The number of hydrogen-bond acceptors (Lipinski definition) is 3. The van der Waals surface area contributed by atoms with Crippen LogP contribution in [0.15, 0.2) is 77.7 Å². The molecule has 0 fully saturated rings. The number of alkyl halides is 3. The third kappa shape index (κ3) is 6.31. The maximum Gasteiger partial charge on any atom is 0.418 e. The first-order valence-electron chi connectivity index (χ1n) is 9.43. The van der Waals surface area contributed by atoms with E-state index in [0.29, 0.717) is 11.6 Å². The van der Waals surface area contributed by atoms with Gasteiger partial charge in [-0.2, -0.15) is 17.5 Å². The van der Waals surface area contributed by atoms with Gasteiger partial charge in [0.05, 0.1) is 22.7 Å². The molecular formula is C22H17ClF4N2O3S. The van der Waals surface area contributed by atoms with Gasteiger partial charge in [0.2, 0.25) is 15.9 Å². The van der Waals surface area contributed by atoms with Crippen molar-refractivity contribution >= 4 is 33.2 Å². The highest BCUT2D eigenvalue weighted by Crippen LogP contribution is 2.36. The lowest BCUT2D eigenvalue weighted by Crippen LogP contribution is -2.37. The molecule has 0 bridgehead atoms. The Balaban J connectivity index is 1.91. The van der Waals surface area contributed by atoms with Gasteiger partial charge in [-0.05, 0) is 48.0 Å². The summed E-state index contributed by atoms with van der Waals surface area (Å²) in [5.74, 6) is -1.65. The Labute approximate surface area is 192 Å². The third-order valence-corrected chi connectivity index (χ3v) is 6.58. The molecule has 1 amide bonds. The number of sulfonamides is 1. The lowest BCUT2D eigenvalue weighted by molar-refractivity contribution is -0.137. The average molecular weight is 501 g/mol. The number of anilines is 1. The minimum atomic E-state index is -4.79. The highest BCUT2D eigenvalue weighted by Gasteiger charge is 2.35. The number of carbonyl (C=O) groups is 1. The van der Waals surface area contributed by atoms with Crippen molar-refractivity contribution < 1.29 is 30.8 Å². The topological polar surface area (TPSA) is 66.5 Å². The van der Waals surface area contributed by atoms with Gasteiger partial charge in [-0.1, -0.05) is 41.9 Å². The van der Waals surface area contributed by atoms with Crippen molar-refractivity contribution in [1.29, 1.82) is 0 Å². The number of benzene rings is 3. The Kier molecular flexibility index (Phi) is 7.41. The SMILES string of the molecule is O=C(CN(Cc1ccccc1)S(=O)(=O)c1ccc(F)cc1)Nc1ccc(Cl)cc1C(F)(F)F. The van der Waals surface area contributed by atoms with Gasteiger partial charge < -0.3 is 5.32 Å². The van der Waals surface area contributed by atoms with E-state index in [1.807, 2.05) is 0 Å². The number of hydrogen-bond donors (Lipinski definition) is 1. The second-order valence-corrected chi connectivity index (χ2v) is 9.32. The summed E-state index contributed by atoms with van der Waals surface area (Å²) in [6.07, 6.45) is -4.79. The van der Waals surface area contributed by atoms with E-state index in [4.69, 9.17) is 11.6 Å². The third-order valence-electron chi connectivity index (χ3n) is 4.53. The molecule has 0 atom stereocenters. The zero-order chi connectivity index (χ0) is 24.2. The summed E-state index contributed by atoms with van der Waals surface area (Å²) >= 11 is 5.65. The zero-order valence-corrected chi connectivity index (χ0v) is 18.4. The van der Waals surface area contributed by atoms with E-state index >= 15 is 0 Å². The molecule has 3 aromatic carbocycles. The lowest BCUT2D eigenvalue weighted by Gasteiger charge is -2.22. The van der Waals surface area contributed by atoms with Crippen LogP contribution in [0.3, 0.4) is 0 Å². The van der Waals surface area contributed by atoms with E-state index in [-0.39, 0.29) is 16.5 Å². The molecule has 0 aliphatic heterocycles. The molecule has 0 aromatic heterocycles. The molecule has 3 rings (SSSR count). The van der Waals surface area contributed by atoms with Crippen molar-refractivity contribution in [2.24, 2.45) is 0 Å². The predicted octanol–water partition coefficient (Wildman–Crippen LogP) is 5.33. The molecule has 0 aliphatic rings. The summed E-state index contributed by atoms with van der Waals surface area (Å²) in [6, 6.07) is 15.1. The standard InChI is InChI=1S/C22H17ClF4N2O3S/c23-16-6-11-20(19(12-16)22(25,26)27)28-21(30)14-29(13-15-4-2-1-3-5-15)33(31,32)18-9-7-17(24)8-10-18/h1-12H,13-14H2,(H,28,30). The normalized spacial score (nSPS) is 12.1. The van der Waals surface area contributed by atoms with Crippen LogP contribution >= 0.6 is 11.6 Å². The molecule has 0 aliphatic carbocycles. The molecule has 3 aromatic rings.